The molecule has 0 saturated heterocycles. The summed E-state index contributed by atoms with van der Waals surface area (Å²) in [6.07, 6.45) is 0.293. The highest BCUT2D eigenvalue weighted by Gasteiger charge is 2.13. The first-order valence-electron chi connectivity index (χ1n) is 6.82. The molecule has 0 saturated carbocycles. The second kappa shape index (κ2) is 5.92. The van der Waals surface area contributed by atoms with E-state index in [1.165, 1.54) is 17.7 Å². The average Bonchev–Trinajstić information content (AvgIpc) is 2.42. The molecular weight excluding hydrogens is 264 g/mol. The third-order valence-electron chi connectivity index (χ3n) is 3.61. The number of aromatic carboxylic acids is 1. The molecule has 2 rings (SSSR count). The number of Topliss-reactive ketones (excluding diaryl/α,β-unsaturated/α-hetero) is 1. The van der Waals surface area contributed by atoms with Gasteiger partial charge in [-0.15, -0.1) is 0 Å². The molecule has 0 radical (unpaired) electrons. The Morgan fingerprint density at radius 2 is 1.52 bits per heavy atom. The Hall–Kier alpha value is -2.42. The third-order valence-corrected chi connectivity index (χ3v) is 3.61. The maximum atomic E-state index is 12.4. The molecule has 0 aliphatic rings. The van der Waals surface area contributed by atoms with Crippen LogP contribution in [0.4, 0.5) is 0 Å². The van der Waals surface area contributed by atoms with Crippen molar-refractivity contribution in [2.45, 2.75) is 27.2 Å². The second-order valence-corrected chi connectivity index (χ2v) is 5.36. The summed E-state index contributed by atoms with van der Waals surface area (Å²) in [6, 6.07) is 10.3. The summed E-state index contributed by atoms with van der Waals surface area (Å²) in [5, 5.41) is 8.99. The SMILES string of the molecule is Cc1cc(C)c(CC(=O)c2cccc(C(=O)O)c2)c(C)c1. The van der Waals surface area contributed by atoms with Gasteiger partial charge in [0.2, 0.25) is 0 Å². The Kier molecular flexibility index (Phi) is 4.22. The molecule has 0 bridgehead atoms. The quantitative estimate of drug-likeness (QED) is 0.869. The summed E-state index contributed by atoms with van der Waals surface area (Å²) >= 11 is 0. The number of carboxylic acid groups (broad SMARTS) is 1. The summed E-state index contributed by atoms with van der Waals surface area (Å²) in [7, 11) is 0. The minimum atomic E-state index is -1.02. The number of carboxylic acids is 1. The lowest BCUT2D eigenvalue weighted by atomic mass is 9.93. The zero-order chi connectivity index (χ0) is 15.6. The van der Waals surface area contributed by atoms with Crippen LogP contribution in [0.25, 0.3) is 0 Å². The predicted molar refractivity (Wildman–Crippen MR) is 82.1 cm³/mol. The lowest BCUT2D eigenvalue weighted by molar-refractivity contribution is 0.0697. The van der Waals surface area contributed by atoms with E-state index in [4.69, 9.17) is 5.11 Å². The Labute approximate surface area is 124 Å². The standard InChI is InChI=1S/C18H18O3/c1-11-7-12(2)16(13(3)8-11)10-17(19)14-5-4-6-15(9-14)18(20)21/h4-9H,10H2,1-3H3,(H,20,21). The van der Waals surface area contributed by atoms with Crippen LogP contribution in [0.5, 0.6) is 0 Å². The first-order chi connectivity index (χ1) is 9.88. The molecule has 0 amide bonds. The number of aryl methyl sites for hydroxylation is 3. The largest absolute Gasteiger partial charge is 0.478 e. The van der Waals surface area contributed by atoms with E-state index in [0.717, 1.165) is 16.7 Å². The van der Waals surface area contributed by atoms with Gasteiger partial charge in [0.1, 0.15) is 0 Å². The van der Waals surface area contributed by atoms with Crippen molar-refractivity contribution in [3.05, 3.63) is 69.8 Å². The number of rotatable bonds is 4. The molecular formula is C18H18O3. The molecule has 1 N–H and O–H groups in total. The van der Waals surface area contributed by atoms with Crippen LogP contribution in [0, 0.1) is 20.8 Å². The van der Waals surface area contributed by atoms with Crippen LogP contribution in [0.2, 0.25) is 0 Å². The van der Waals surface area contributed by atoms with E-state index in [1.54, 1.807) is 12.1 Å². The van der Waals surface area contributed by atoms with E-state index in [9.17, 15) is 9.59 Å². The first-order valence-corrected chi connectivity index (χ1v) is 6.82. The van der Waals surface area contributed by atoms with Crippen LogP contribution in [-0.4, -0.2) is 16.9 Å². The van der Waals surface area contributed by atoms with E-state index < -0.39 is 5.97 Å². The maximum absolute atomic E-state index is 12.4. The summed E-state index contributed by atoms with van der Waals surface area (Å²) in [5.74, 6) is -1.08. The van der Waals surface area contributed by atoms with Gasteiger partial charge in [-0.2, -0.15) is 0 Å². The summed E-state index contributed by atoms with van der Waals surface area (Å²) in [5.41, 5.74) is 4.96. The number of ketones is 1. The Morgan fingerprint density at radius 3 is 2.10 bits per heavy atom. The molecule has 0 spiro atoms. The fourth-order valence-electron chi connectivity index (χ4n) is 2.58. The number of hydrogen-bond donors (Lipinski definition) is 1. The van der Waals surface area contributed by atoms with Crippen molar-refractivity contribution in [3.8, 4) is 0 Å². The molecule has 21 heavy (non-hydrogen) atoms. The molecule has 3 nitrogen and oxygen atoms in total. The second-order valence-electron chi connectivity index (χ2n) is 5.36. The normalized spacial score (nSPS) is 10.4. The molecule has 0 aliphatic heterocycles. The van der Waals surface area contributed by atoms with E-state index in [1.807, 2.05) is 20.8 Å². The molecule has 2 aromatic carbocycles. The molecule has 108 valence electrons. The third kappa shape index (κ3) is 3.37. The van der Waals surface area contributed by atoms with E-state index >= 15 is 0 Å². The zero-order valence-corrected chi connectivity index (χ0v) is 12.4. The summed E-state index contributed by atoms with van der Waals surface area (Å²) in [6.45, 7) is 6.02. The fraction of sp³-hybridized carbons (Fsp3) is 0.222. The van der Waals surface area contributed by atoms with Gasteiger partial charge < -0.3 is 5.11 Å². The fourth-order valence-corrected chi connectivity index (χ4v) is 2.58. The Balaban J connectivity index is 2.30. The maximum Gasteiger partial charge on any atom is 0.335 e. The van der Waals surface area contributed by atoms with Crippen molar-refractivity contribution in [1.82, 2.24) is 0 Å². The molecule has 0 fully saturated rings. The van der Waals surface area contributed by atoms with E-state index in [0.29, 0.717) is 12.0 Å². The van der Waals surface area contributed by atoms with Crippen LogP contribution in [0.1, 0.15) is 43.0 Å². The topological polar surface area (TPSA) is 54.4 Å². The minimum Gasteiger partial charge on any atom is -0.478 e. The van der Waals surface area contributed by atoms with Crippen molar-refractivity contribution in [3.63, 3.8) is 0 Å². The van der Waals surface area contributed by atoms with Crippen molar-refractivity contribution < 1.29 is 14.7 Å². The summed E-state index contributed by atoms with van der Waals surface area (Å²) in [4.78, 5) is 23.4. The van der Waals surface area contributed by atoms with Gasteiger partial charge in [0.05, 0.1) is 5.56 Å². The van der Waals surface area contributed by atoms with Gasteiger partial charge >= 0.3 is 5.97 Å². The number of benzene rings is 2. The number of hydrogen-bond acceptors (Lipinski definition) is 2. The van der Waals surface area contributed by atoms with Crippen molar-refractivity contribution in [1.29, 1.82) is 0 Å². The molecule has 0 aliphatic carbocycles. The highest BCUT2D eigenvalue weighted by Crippen LogP contribution is 2.19. The minimum absolute atomic E-state index is 0.0619. The highest BCUT2D eigenvalue weighted by atomic mass is 16.4. The van der Waals surface area contributed by atoms with Gasteiger partial charge in [-0.1, -0.05) is 29.8 Å². The van der Waals surface area contributed by atoms with Crippen LogP contribution >= 0.6 is 0 Å². The van der Waals surface area contributed by atoms with Crippen molar-refractivity contribution in [2.75, 3.05) is 0 Å². The molecule has 0 heterocycles. The number of carbonyl (C=O) groups is 2. The Morgan fingerprint density at radius 1 is 0.952 bits per heavy atom. The van der Waals surface area contributed by atoms with Crippen LogP contribution < -0.4 is 0 Å². The molecule has 3 heteroatoms. The van der Waals surface area contributed by atoms with Gasteiger partial charge in [-0.3, -0.25) is 4.79 Å². The zero-order valence-electron chi connectivity index (χ0n) is 12.4. The van der Waals surface area contributed by atoms with Gasteiger partial charge in [0, 0.05) is 12.0 Å². The van der Waals surface area contributed by atoms with Crippen LogP contribution in [0.15, 0.2) is 36.4 Å². The van der Waals surface area contributed by atoms with Gasteiger partial charge in [-0.05, 0) is 49.6 Å². The summed E-state index contributed by atoms with van der Waals surface area (Å²) < 4.78 is 0. The van der Waals surface area contributed by atoms with Crippen molar-refractivity contribution in [2.24, 2.45) is 0 Å². The monoisotopic (exact) mass is 282 g/mol. The van der Waals surface area contributed by atoms with E-state index in [-0.39, 0.29) is 11.3 Å². The lowest BCUT2D eigenvalue weighted by Gasteiger charge is -2.11. The molecule has 0 aromatic heterocycles. The Bertz CT molecular complexity index is 691. The van der Waals surface area contributed by atoms with Gasteiger partial charge in [0.25, 0.3) is 0 Å². The van der Waals surface area contributed by atoms with Crippen LogP contribution in [-0.2, 0) is 6.42 Å². The van der Waals surface area contributed by atoms with Crippen LogP contribution in [0.3, 0.4) is 0 Å². The number of carbonyl (C=O) groups excluding carboxylic acids is 1. The van der Waals surface area contributed by atoms with E-state index in [2.05, 4.69) is 12.1 Å². The predicted octanol–water partition coefficient (Wildman–Crippen LogP) is 3.74. The molecule has 0 unspecified atom stereocenters. The average molecular weight is 282 g/mol. The van der Waals surface area contributed by atoms with Gasteiger partial charge in [-0.25, -0.2) is 4.79 Å². The molecule has 0 atom stereocenters. The molecule has 2 aromatic rings. The lowest BCUT2D eigenvalue weighted by Crippen LogP contribution is -2.08. The van der Waals surface area contributed by atoms with Crippen molar-refractivity contribution >= 4 is 11.8 Å². The smallest absolute Gasteiger partial charge is 0.335 e. The first kappa shape index (κ1) is 15.0. The van der Waals surface area contributed by atoms with Gasteiger partial charge in [0.15, 0.2) is 5.78 Å². The highest BCUT2D eigenvalue weighted by molar-refractivity contribution is 6.00.